The molecule has 5 nitrogen and oxygen atoms in total. The van der Waals surface area contributed by atoms with Crippen LogP contribution >= 0.6 is 11.6 Å². The average Bonchev–Trinajstić information content (AvgIpc) is 2.14. The summed E-state index contributed by atoms with van der Waals surface area (Å²) in [6.07, 6.45) is 0.789. The van der Waals surface area contributed by atoms with Gasteiger partial charge in [-0.15, -0.1) is 11.6 Å². The molecular formula is C9H19ClO5S. The second-order valence-electron chi connectivity index (χ2n) is 3.25. The molecule has 16 heavy (non-hydrogen) atoms. The Balaban J connectivity index is 3.83. The molecule has 0 radical (unpaired) electrons. The molecule has 98 valence electrons. The second kappa shape index (κ2) is 8.25. The van der Waals surface area contributed by atoms with E-state index in [1.54, 1.807) is 6.92 Å². The van der Waals surface area contributed by atoms with Gasteiger partial charge in [0.2, 0.25) is 0 Å². The first-order valence-electron chi connectivity index (χ1n) is 5.06. The van der Waals surface area contributed by atoms with Crippen LogP contribution in [0.2, 0.25) is 0 Å². The molecule has 0 spiro atoms. The Bertz CT molecular complexity index is 267. The van der Waals surface area contributed by atoms with Crippen LogP contribution < -0.4 is 0 Å². The minimum Gasteiger partial charge on any atom is -0.353 e. The van der Waals surface area contributed by atoms with Gasteiger partial charge in [-0.1, -0.05) is 0 Å². The maximum Gasteiger partial charge on any atom is 0.264 e. The van der Waals surface area contributed by atoms with E-state index in [4.69, 9.17) is 21.1 Å². The van der Waals surface area contributed by atoms with Gasteiger partial charge in [-0.05, 0) is 20.3 Å². The van der Waals surface area contributed by atoms with Crippen LogP contribution in [0, 0.1) is 0 Å². The minimum absolute atomic E-state index is 0.0645. The van der Waals surface area contributed by atoms with Crippen LogP contribution in [-0.4, -0.2) is 46.2 Å². The average molecular weight is 275 g/mol. The van der Waals surface area contributed by atoms with Crippen molar-refractivity contribution in [1.82, 2.24) is 0 Å². The fourth-order valence-corrected chi connectivity index (χ4v) is 1.68. The maximum atomic E-state index is 10.7. The lowest BCUT2D eigenvalue weighted by molar-refractivity contribution is -0.154. The number of rotatable bonds is 9. The summed E-state index contributed by atoms with van der Waals surface area (Å²) in [7, 11) is -3.40. The molecule has 0 amide bonds. The summed E-state index contributed by atoms with van der Waals surface area (Å²) in [5.74, 6) is 0.268. The quantitative estimate of drug-likeness (QED) is 0.361. The van der Waals surface area contributed by atoms with Crippen LogP contribution in [-0.2, 0) is 23.8 Å². The summed E-state index contributed by atoms with van der Waals surface area (Å²) in [6, 6.07) is 0. The predicted octanol–water partition coefficient (Wildman–Crippen LogP) is 1.36. The Kier molecular flexibility index (Phi) is 8.31. The molecule has 0 saturated carbocycles. The fraction of sp³-hybridized carbons (Fsp3) is 1.00. The maximum absolute atomic E-state index is 10.7. The zero-order valence-corrected chi connectivity index (χ0v) is 11.4. The van der Waals surface area contributed by atoms with Gasteiger partial charge in [0.1, 0.15) is 0 Å². The smallest absolute Gasteiger partial charge is 0.264 e. The van der Waals surface area contributed by atoms with Crippen LogP contribution in [0.15, 0.2) is 0 Å². The zero-order chi connectivity index (χ0) is 12.6. The normalized spacial score (nSPS) is 16.0. The van der Waals surface area contributed by atoms with E-state index in [0.29, 0.717) is 13.0 Å². The highest BCUT2D eigenvalue weighted by atomic mass is 35.5. The molecule has 0 rings (SSSR count). The van der Waals surface area contributed by atoms with Gasteiger partial charge < -0.3 is 9.47 Å². The second-order valence-corrected chi connectivity index (χ2v) is 5.20. The Labute approximate surface area is 102 Å². The van der Waals surface area contributed by atoms with Gasteiger partial charge in [-0.25, -0.2) is 0 Å². The van der Waals surface area contributed by atoms with Crippen LogP contribution in [0.1, 0.15) is 20.3 Å². The van der Waals surface area contributed by atoms with Crippen molar-refractivity contribution in [3.05, 3.63) is 0 Å². The summed E-state index contributed by atoms with van der Waals surface area (Å²) < 4.78 is 36.6. The lowest BCUT2D eigenvalue weighted by atomic mass is 10.3. The van der Waals surface area contributed by atoms with Crippen LogP contribution in [0.5, 0.6) is 0 Å². The molecule has 0 heterocycles. The predicted molar refractivity (Wildman–Crippen MR) is 62.1 cm³/mol. The van der Waals surface area contributed by atoms with Gasteiger partial charge in [-0.2, -0.15) is 8.42 Å². The third kappa shape index (κ3) is 9.35. The van der Waals surface area contributed by atoms with Gasteiger partial charge in [0.15, 0.2) is 6.29 Å². The molecule has 0 aromatic rings. The van der Waals surface area contributed by atoms with Gasteiger partial charge in [0, 0.05) is 12.5 Å². The van der Waals surface area contributed by atoms with Crippen molar-refractivity contribution in [1.29, 1.82) is 0 Å². The molecular weight excluding hydrogens is 256 g/mol. The Morgan fingerprint density at radius 3 is 2.44 bits per heavy atom. The van der Waals surface area contributed by atoms with Gasteiger partial charge in [-0.3, -0.25) is 4.18 Å². The summed E-state index contributed by atoms with van der Waals surface area (Å²) in [5.41, 5.74) is 0. The number of alkyl halides is 1. The molecule has 7 heteroatoms. The highest BCUT2D eigenvalue weighted by molar-refractivity contribution is 7.85. The van der Waals surface area contributed by atoms with Crippen molar-refractivity contribution >= 4 is 21.7 Å². The highest BCUT2D eigenvalue weighted by Gasteiger charge is 2.13. The molecule has 2 unspecified atom stereocenters. The Morgan fingerprint density at radius 1 is 1.38 bits per heavy atom. The van der Waals surface area contributed by atoms with Crippen molar-refractivity contribution < 1.29 is 22.1 Å². The van der Waals surface area contributed by atoms with E-state index in [2.05, 4.69) is 4.18 Å². The Hall–Kier alpha value is 0.120. The first-order valence-corrected chi connectivity index (χ1v) is 7.41. The first-order chi connectivity index (χ1) is 7.39. The standard InChI is InChI=1S/C9H19ClO5S/c1-4-13-8(2)15-9(7-10)5-6-14-16(3,11)12/h8-9H,4-7H2,1-3H3. The van der Waals surface area contributed by atoms with Crippen LogP contribution in [0.4, 0.5) is 0 Å². The first kappa shape index (κ1) is 16.1. The number of hydrogen-bond acceptors (Lipinski definition) is 5. The molecule has 0 aromatic carbocycles. The molecule has 0 aliphatic rings. The van der Waals surface area contributed by atoms with Gasteiger partial charge in [0.25, 0.3) is 10.1 Å². The third-order valence-corrected chi connectivity index (χ3v) is 2.63. The van der Waals surface area contributed by atoms with E-state index in [-0.39, 0.29) is 24.9 Å². The molecule has 0 bridgehead atoms. The number of halogens is 1. The van der Waals surface area contributed by atoms with Gasteiger partial charge in [0.05, 0.1) is 19.0 Å². The zero-order valence-electron chi connectivity index (χ0n) is 9.81. The van der Waals surface area contributed by atoms with E-state index >= 15 is 0 Å². The van der Waals surface area contributed by atoms with Crippen molar-refractivity contribution in [3.63, 3.8) is 0 Å². The van der Waals surface area contributed by atoms with Crippen molar-refractivity contribution in [2.24, 2.45) is 0 Å². The largest absolute Gasteiger partial charge is 0.353 e. The minimum atomic E-state index is -3.40. The lowest BCUT2D eigenvalue weighted by Crippen LogP contribution is -2.25. The summed E-state index contributed by atoms with van der Waals surface area (Å²) >= 11 is 5.68. The third-order valence-electron chi connectivity index (χ3n) is 1.69. The van der Waals surface area contributed by atoms with E-state index < -0.39 is 10.1 Å². The highest BCUT2D eigenvalue weighted by Crippen LogP contribution is 2.07. The van der Waals surface area contributed by atoms with E-state index in [0.717, 1.165) is 6.26 Å². The summed E-state index contributed by atoms with van der Waals surface area (Å²) in [5, 5.41) is 0. The topological polar surface area (TPSA) is 61.8 Å². The number of ether oxygens (including phenoxy) is 2. The van der Waals surface area contributed by atoms with Crippen LogP contribution in [0.25, 0.3) is 0 Å². The van der Waals surface area contributed by atoms with Crippen molar-refractivity contribution in [2.75, 3.05) is 25.3 Å². The SMILES string of the molecule is CCOC(C)OC(CCl)CCOS(C)(=O)=O. The molecule has 0 N–H and O–H groups in total. The molecule has 0 fully saturated rings. The lowest BCUT2D eigenvalue weighted by Gasteiger charge is -2.20. The molecule has 2 atom stereocenters. The molecule has 0 aromatic heterocycles. The van der Waals surface area contributed by atoms with E-state index in [9.17, 15) is 8.42 Å². The van der Waals surface area contributed by atoms with E-state index in [1.807, 2.05) is 6.92 Å². The molecule has 0 aliphatic carbocycles. The molecule has 0 aliphatic heterocycles. The number of hydrogen-bond donors (Lipinski definition) is 0. The monoisotopic (exact) mass is 274 g/mol. The van der Waals surface area contributed by atoms with Gasteiger partial charge >= 0.3 is 0 Å². The Morgan fingerprint density at radius 2 is 2.00 bits per heavy atom. The van der Waals surface area contributed by atoms with Crippen LogP contribution in [0.3, 0.4) is 0 Å². The van der Waals surface area contributed by atoms with E-state index in [1.165, 1.54) is 0 Å². The van der Waals surface area contributed by atoms with Crippen molar-refractivity contribution in [3.8, 4) is 0 Å². The fourth-order valence-electron chi connectivity index (χ4n) is 1.06. The summed E-state index contributed by atoms with van der Waals surface area (Å²) in [6.45, 7) is 4.24. The van der Waals surface area contributed by atoms with Crippen molar-refractivity contribution in [2.45, 2.75) is 32.7 Å². The molecule has 0 saturated heterocycles. The summed E-state index contributed by atoms with van der Waals surface area (Å²) in [4.78, 5) is 0.